The van der Waals surface area contributed by atoms with E-state index in [9.17, 15) is 26.6 Å². The number of allylic oxidation sites excluding steroid dienone is 6. The van der Waals surface area contributed by atoms with E-state index in [4.69, 9.17) is 10.5 Å². The molecule has 1 aliphatic heterocycles. The predicted octanol–water partition coefficient (Wildman–Crippen LogP) is 3.61. The fourth-order valence-electron chi connectivity index (χ4n) is 3.29. The third-order valence-electron chi connectivity index (χ3n) is 5.00. The van der Waals surface area contributed by atoms with Gasteiger partial charge in [0, 0.05) is 18.1 Å². The number of halogens is 4. The molecule has 2 atom stereocenters. The number of primary amides is 1. The zero-order chi connectivity index (χ0) is 21.2. The summed E-state index contributed by atoms with van der Waals surface area (Å²) < 4.78 is 70.1. The molecule has 0 saturated carbocycles. The number of hydrogen-bond donors (Lipinski definition) is 1. The Labute approximate surface area is 167 Å². The molecule has 1 saturated heterocycles. The van der Waals surface area contributed by atoms with Gasteiger partial charge in [0.05, 0.1) is 16.4 Å². The van der Waals surface area contributed by atoms with E-state index in [-0.39, 0.29) is 31.6 Å². The van der Waals surface area contributed by atoms with Crippen LogP contribution in [0.25, 0.3) is 5.57 Å². The van der Waals surface area contributed by atoms with Gasteiger partial charge in [0.15, 0.2) is 0 Å². The molecule has 29 heavy (non-hydrogen) atoms. The average molecular weight is 429 g/mol. The van der Waals surface area contributed by atoms with E-state index in [1.165, 1.54) is 36.4 Å². The summed E-state index contributed by atoms with van der Waals surface area (Å²) in [7, 11) is -1.75. The van der Waals surface area contributed by atoms with Crippen molar-refractivity contribution < 1.29 is 31.3 Å². The fraction of sp³-hybridized carbons (Fsp3) is 0.350. The third-order valence-corrected chi connectivity index (χ3v) is 7.02. The molecule has 1 heterocycles. The zero-order valence-electron chi connectivity index (χ0n) is 15.2. The molecule has 1 fully saturated rings. The summed E-state index contributed by atoms with van der Waals surface area (Å²) in [6, 6.07) is 5.94. The van der Waals surface area contributed by atoms with Gasteiger partial charge < -0.3 is 10.5 Å². The Bertz CT molecular complexity index is 897. The average Bonchev–Trinajstić information content (AvgIpc) is 2.89. The van der Waals surface area contributed by atoms with E-state index >= 15 is 0 Å². The van der Waals surface area contributed by atoms with Crippen LogP contribution in [-0.4, -0.2) is 40.4 Å². The first-order valence-corrected chi connectivity index (χ1v) is 10.0. The maximum atomic E-state index is 13.8. The van der Waals surface area contributed by atoms with Gasteiger partial charge in [-0.2, -0.15) is 13.2 Å². The van der Waals surface area contributed by atoms with Crippen LogP contribution in [0.15, 0.2) is 59.0 Å². The lowest BCUT2D eigenvalue weighted by molar-refractivity contribution is -0.122. The molecule has 1 aromatic carbocycles. The molecular formula is C20H19F4NO3S. The van der Waals surface area contributed by atoms with Crippen LogP contribution in [0.2, 0.25) is 0 Å². The molecule has 156 valence electrons. The van der Waals surface area contributed by atoms with Gasteiger partial charge in [-0.1, -0.05) is 24.3 Å². The molecule has 3 rings (SSSR count). The second-order valence-corrected chi connectivity index (χ2v) is 8.56. The Hall–Kier alpha value is -2.26. The highest BCUT2D eigenvalue weighted by Gasteiger charge is 2.45. The van der Waals surface area contributed by atoms with E-state index < -0.39 is 39.4 Å². The summed E-state index contributed by atoms with van der Waals surface area (Å²) in [5, 5.41) is 0. The molecule has 9 heteroatoms. The standard InChI is InChI=1S/C20H19F4NO3S/c21-17-3-1-2-14(12-16(17)20(22,23)24)13-4-6-15(7-5-13)29(27)19(18(25)26)8-10-28-11-9-19/h1-7,12,17H,8-11H2,(H2,25,26). The first-order valence-electron chi connectivity index (χ1n) is 8.86. The molecule has 1 aromatic rings. The molecule has 0 bridgehead atoms. The van der Waals surface area contributed by atoms with Crippen molar-refractivity contribution in [2.75, 3.05) is 13.2 Å². The Kier molecular flexibility index (Phi) is 6.09. The summed E-state index contributed by atoms with van der Waals surface area (Å²) >= 11 is 0. The number of alkyl halides is 4. The van der Waals surface area contributed by atoms with Gasteiger partial charge in [-0.25, -0.2) is 4.39 Å². The van der Waals surface area contributed by atoms with Crippen LogP contribution >= 0.6 is 0 Å². The molecule has 2 unspecified atom stereocenters. The fourth-order valence-corrected chi connectivity index (χ4v) is 4.85. The van der Waals surface area contributed by atoms with Crippen molar-refractivity contribution in [1.29, 1.82) is 0 Å². The lowest BCUT2D eigenvalue weighted by Gasteiger charge is -2.33. The maximum Gasteiger partial charge on any atom is 0.415 e. The van der Waals surface area contributed by atoms with Gasteiger partial charge in [0.1, 0.15) is 10.9 Å². The molecule has 1 aliphatic carbocycles. The van der Waals surface area contributed by atoms with Crippen LogP contribution in [0.3, 0.4) is 0 Å². The van der Waals surface area contributed by atoms with Crippen LogP contribution in [0.4, 0.5) is 17.6 Å². The minimum Gasteiger partial charge on any atom is -0.381 e. The largest absolute Gasteiger partial charge is 0.415 e. The number of rotatable bonds is 4. The van der Waals surface area contributed by atoms with Crippen molar-refractivity contribution in [3.63, 3.8) is 0 Å². The molecule has 0 aromatic heterocycles. The predicted molar refractivity (Wildman–Crippen MR) is 101 cm³/mol. The first-order chi connectivity index (χ1) is 13.6. The van der Waals surface area contributed by atoms with Gasteiger partial charge in [-0.15, -0.1) is 0 Å². The summed E-state index contributed by atoms with van der Waals surface area (Å²) in [4.78, 5) is 12.3. The topological polar surface area (TPSA) is 69.4 Å². The highest BCUT2D eigenvalue weighted by atomic mass is 32.2. The highest BCUT2D eigenvalue weighted by Crippen LogP contribution is 2.36. The Morgan fingerprint density at radius 2 is 1.79 bits per heavy atom. The minimum absolute atomic E-state index is 0.168. The van der Waals surface area contributed by atoms with Crippen LogP contribution in [0, 0.1) is 0 Å². The van der Waals surface area contributed by atoms with Crippen molar-refractivity contribution in [2.24, 2.45) is 5.73 Å². The third kappa shape index (κ3) is 4.35. The number of amides is 1. The Morgan fingerprint density at radius 1 is 1.17 bits per heavy atom. The molecule has 4 nitrogen and oxygen atoms in total. The van der Waals surface area contributed by atoms with Crippen molar-refractivity contribution >= 4 is 22.3 Å². The second kappa shape index (κ2) is 8.23. The SMILES string of the molecule is NC(=O)C1(S(=O)c2ccc(C3=CC=CC(F)C(C(F)(F)F)=C3)cc2)CCOCC1. The number of nitrogens with two attached hydrogens (primary N) is 1. The molecule has 0 radical (unpaired) electrons. The van der Waals surface area contributed by atoms with Gasteiger partial charge >= 0.3 is 6.18 Å². The number of benzene rings is 1. The summed E-state index contributed by atoms with van der Waals surface area (Å²) in [5.41, 5.74) is 4.79. The van der Waals surface area contributed by atoms with Crippen molar-refractivity contribution in [3.8, 4) is 0 Å². The number of carbonyl (C=O) groups is 1. The minimum atomic E-state index is -4.80. The monoisotopic (exact) mass is 429 g/mol. The molecule has 2 aliphatic rings. The second-order valence-electron chi connectivity index (χ2n) is 6.77. The lowest BCUT2D eigenvalue weighted by atomic mass is 9.98. The highest BCUT2D eigenvalue weighted by molar-refractivity contribution is 7.87. The lowest BCUT2D eigenvalue weighted by Crippen LogP contribution is -2.51. The van der Waals surface area contributed by atoms with E-state index in [1.54, 1.807) is 0 Å². The van der Waals surface area contributed by atoms with Gasteiger partial charge in [0.2, 0.25) is 5.91 Å². The summed E-state index contributed by atoms with van der Waals surface area (Å²) in [6.07, 6.45) is -2.40. The van der Waals surface area contributed by atoms with Gasteiger partial charge in [0.25, 0.3) is 0 Å². The van der Waals surface area contributed by atoms with Crippen LogP contribution < -0.4 is 5.73 Å². The Morgan fingerprint density at radius 3 is 2.34 bits per heavy atom. The van der Waals surface area contributed by atoms with Crippen molar-refractivity contribution in [1.82, 2.24) is 0 Å². The van der Waals surface area contributed by atoms with Gasteiger partial charge in [-0.3, -0.25) is 9.00 Å². The quantitative estimate of drug-likeness (QED) is 0.744. The van der Waals surface area contributed by atoms with E-state index in [2.05, 4.69) is 0 Å². The molecule has 2 N–H and O–H groups in total. The van der Waals surface area contributed by atoms with Crippen molar-refractivity contribution in [3.05, 3.63) is 59.7 Å². The number of carbonyl (C=O) groups excluding carboxylic acids is 1. The first kappa shape index (κ1) is 21.4. The summed E-state index contributed by atoms with van der Waals surface area (Å²) in [6.45, 7) is 0.531. The molecule has 1 amide bonds. The van der Waals surface area contributed by atoms with E-state index in [0.717, 1.165) is 12.2 Å². The van der Waals surface area contributed by atoms with Gasteiger partial charge in [-0.05, 0) is 48.3 Å². The summed E-state index contributed by atoms with van der Waals surface area (Å²) in [5.74, 6) is -0.674. The number of ether oxygens (including phenoxy) is 1. The van der Waals surface area contributed by atoms with Crippen LogP contribution in [0.1, 0.15) is 18.4 Å². The smallest absolute Gasteiger partial charge is 0.381 e. The molecule has 0 spiro atoms. The zero-order valence-corrected chi connectivity index (χ0v) is 16.1. The molecular weight excluding hydrogens is 410 g/mol. The van der Waals surface area contributed by atoms with E-state index in [0.29, 0.717) is 10.5 Å². The van der Waals surface area contributed by atoms with Crippen LogP contribution in [-0.2, 0) is 20.3 Å². The van der Waals surface area contributed by atoms with E-state index in [1.807, 2.05) is 0 Å². The normalized spacial score (nSPS) is 23.0. The maximum absolute atomic E-state index is 13.8. The number of hydrogen-bond acceptors (Lipinski definition) is 3. The van der Waals surface area contributed by atoms with Crippen molar-refractivity contribution in [2.45, 2.75) is 34.8 Å². The van der Waals surface area contributed by atoms with Crippen LogP contribution in [0.5, 0.6) is 0 Å². The Balaban J connectivity index is 1.91.